The van der Waals surface area contributed by atoms with E-state index in [0.717, 1.165) is 22.8 Å². The van der Waals surface area contributed by atoms with Crippen LogP contribution in [-0.4, -0.2) is 36.8 Å². The second-order valence-corrected chi connectivity index (χ2v) is 6.40. The van der Waals surface area contributed by atoms with Crippen LogP contribution in [0.3, 0.4) is 0 Å². The normalized spacial score (nSPS) is 10.8. The second kappa shape index (κ2) is 8.47. The first-order valence-electron chi connectivity index (χ1n) is 8.98. The fourth-order valence-electron chi connectivity index (χ4n) is 3.00. The third-order valence-corrected chi connectivity index (χ3v) is 4.48. The van der Waals surface area contributed by atoms with Crippen molar-refractivity contribution in [1.82, 2.24) is 29.6 Å². The van der Waals surface area contributed by atoms with Crippen molar-refractivity contribution in [3.63, 3.8) is 0 Å². The van der Waals surface area contributed by atoms with Gasteiger partial charge in [-0.2, -0.15) is 5.10 Å². The van der Waals surface area contributed by atoms with Gasteiger partial charge < -0.3 is 9.88 Å². The van der Waals surface area contributed by atoms with Gasteiger partial charge in [0.15, 0.2) is 5.82 Å². The first kappa shape index (κ1) is 19.3. The van der Waals surface area contributed by atoms with E-state index in [0.29, 0.717) is 13.0 Å². The number of hydrogen-bond acceptors (Lipinski definition) is 5. The van der Waals surface area contributed by atoms with Gasteiger partial charge in [-0.1, -0.05) is 6.07 Å². The summed E-state index contributed by atoms with van der Waals surface area (Å²) in [5, 5.41) is 7.40. The molecule has 0 aromatic carbocycles. The van der Waals surface area contributed by atoms with Crippen molar-refractivity contribution in [2.45, 2.75) is 33.2 Å². The molecular weight excluding hydrogens is 360 g/mol. The molecule has 0 aliphatic rings. The Balaban J connectivity index is 1.55. The van der Waals surface area contributed by atoms with E-state index in [1.165, 1.54) is 16.8 Å². The lowest BCUT2D eigenvalue weighted by molar-refractivity contribution is -0.121. The maximum Gasteiger partial charge on any atom is 0.328 e. The maximum atomic E-state index is 12.1. The minimum Gasteiger partial charge on any atom is -0.356 e. The number of aryl methyl sites for hydroxylation is 2. The molecule has 0 atom stereocenters. The van der Waals surface area contributed by atoms with Gasteiger partial charge in [0.2, 0.25) is 5.91 Å². The third kappa shape index (κ3) is 4.43. The molecule has 0 radical (unpaired) electrons. The average molecular weight is 382 g/mol. The Morgan fingerprint density at radius 2 is 2.04 bits per heavy atom. The quantitative estimate of drug-likeness (QED) is 0.617. The van der Waals surface area contributed by atoms with Crippen LogP contribution in [0.4, 0.5) is 0 Å². The molecule has 0 aliphatic carbocycles. The number of hydrogen-bond donors (Lipinski definition) is 2. The zero-order chi connectivity index (χ0) is 20.1. The lowest BCUT2D eigenvalue weighted by atomic mass is 10.1. The number of pyridine rings is 1. The minimum absolute atomic E-state index is 0.150. The number of carbonyl (C=O) groups is 1. The summed E-state index contributed by atoms with van der Waals surface area (Å²) in [4.78, 5) is 41.2. The van der Waals surface area contributed by atoms with Crippen LogP contribution in [0.2, 0.25) is 0 Å². The Morgan fingerprint density at radius 3 is 2.75 bits per heavy atom. The van der Waals surface area contributed by atoms with Gasteiger partial charge in [-0.05, 0) is 38.0 Å². The predicted octanol–water partition coefficient (Wildman–Crippen LogP) is 0.483. The largest absolute Gasteiger partial charge is 0.356 e. The molecule has 0 spiro atoms. The standard InChI is InChI=1S/C19H22N6O3/c1-13-15(14(2)25(23-13)16-5-3-4-9-20-16)6-10-21-17(26)7-11-24-12-8-18(27)22-19(24)28/h3-5,8-9,12H,6-7,10-11H2,1-2H3,(H,21,26)(H,22,27,28). The topological polar surface area (TPSA) is 115 Å². The monoisotopic (exact) mass is 382 g/mol. The Kier molecular flexibility index (Phi) is 5.83. The molecule has 3 heterocycles. The summed E-state index contributed by atoms with van der Waals surface area (Å²) in [6, 6.07) is 6.91. The van der Waals surface area contributed by atoms with Crippen molar-refractivity contribution in [3.8, 4) is 5.82 Å². The number of rotatable bonds is 7. The fourth-order valence-corrected chi connectivity index (χ4v) is 3.00. The first-order valence-corrected chi connectivity index (χ1v) is 8.98. The summed E-state index contributed by atoms with van der Waals surface area (Å²) in [6.45, 7) is 4.59. The van der Waals surface area contributed by atoms with E-state index in [9.17, 15) is 14.4 Å². The van der Waals surface area contributed by atoms with E-state index in [2.05, 4.69) is 20.4 Å². The smallest absolute Gasteiger partial charge is 0.328 e. The van der Waals surface area contributed by atoms with Crippen molar-refractivity contribution in [1.29, 1.82) is 0 Å². The Hall–Kier alpha value is -3.49. The van der Waals surface area contributed by atoms with Crippen LogP contribution in [-0.2, 0) is 17.8 Å². The average Bonchev–Trinajstić information content (AvgIpc) is 2.96. The van der Waals surface area contributed by atoms with Crippen LogP contribution in [0, 0.1) is 13.8 Å². The lowest BCUT2D eigenvalue weighted by Gasteiger charge is -2.07. The highest BCUT2D eigenvalue weighted by Gasteiger charge is 2.13. The van der Waals surface area contributed by atoms with Gasteiger partial charge in [0.25, 0.3) is 5.56 Å². The molecule has 146 valence electrons. The number of carbonyl (C=O) groups excluding carboxylic acids is 1. The van der Waals surface area contributed by atoms with Gasteiger partial charge in [0.05, 0.1) is 5.69 Å². The van der Waals surface area contributed by atoms with Crippen LogP contribution in [0.25, 0.3) is 5.82 Å². The van der Waals surface area contributed by atoms with Crippen LogP contribution in [0.5, 0.6) is 0 Å². The summed E-state index contributed by atoms with van der Waals surface area (Å²) < 4.78 is 3.10. The van der Waals surface area contributed by atoms with Crippen LogP contribution >= 0.6 is 0 Å². The fraction of sp³-hybridized carbons (Fsp3) is 0.316. The number of H-pyrrole nitrogens is 1. The molecule has 0 fully saturated rings. The molecule has 0 bridgehead atoms. The summed E-state index contributed by atoms with van der Waals surface area (Å²) in [6.07, 6.45) is 3.90. The zero-order valence-corrected chi connectivity index (χ0v) is 15.8. The number of nitrogens with zero attached hydrogens (tertiary/aromatic N) is 4. The molecule has 0 unspecified atom stereocenters. The van der Waals surface area contributed by atoms with Gasteiger partial charge in [-0.3, -0.25) is 14.6 Å². The summed E-state index contributed by atoms with van der Waals surface area (Å²) in [5.74, 6) is 0.593. The lowest BCUT2D eigenvalue weighted by Crippen LogP contribution is -2.31. The van der Waals surface area contributed by atoms with Gasteiger partial charge in [0.1, 0.15) is 0 Å². The molecule has 0 saturated heterocycles. The predicted molar refractivity (Wildman–Crippen MR) is 103 cm³/mol. The van der Waals surface area contributed by atoms with Crippen LogP contribution in [0.1, 0.15) is 23.4 Å². The van der Waals surface area contributed by atoms with Gasteiger partial charge >= 0.3 is 5.69 Å². The maximum absolute atomic E-state index is 12.1. The summed E-state index contributed by atoms with van der Waals surface area (Å²) in [5.41, 5.74) is 1.99. The van der Waals surface area contributed by atoms with E-state index in [1.807, 2.05) is 32.0 Å². The molecule has 0 saturated carbocycles. The van der Waals surface area contributed by atoms with E-state index in [4.69, 9.17) is 0 Å². The molecule has 28 heavy (non-hydrogen) atoms. The SMILES string of the molecule is Cc1nn(-c2ccccn2)c(C)c1CCNC(=O)CCn1ccc(=O)[nH]c1=O. The molecule has 3 aromatic heterocycles. The highest BCUT2D eigenvalue weighted by atomic mass is 16.2. The molecule has 0 aliphatic heterocycles. The first-order chi connectivity index (χ1) is 13.5. The molecule has 1 amide bonds. The minimum atomic E-state index is -0.520. The number of nitrogens with one attached hydrogen (secondary N) is 2. The summed E-state index contributed by atoms with van der Waals surface area (Å²) in [7, 11) is 0. The van der Waals surface area contributed by atoms with E-state index >= 15 is 0 Å². The second-order valence-electron chi connectivity index (χ2n) is 6.40. The van der Waals surface area contributed by atoms with Crippen molar-refractivity contribution >= 4 is 5.91 Å². The molecule has 3 aromatic rings. The molecule has 9 nitrogen and oxygen atoms in total. The Bertz CT molecular complexity index is 1080. The van der Waals surface area contributed by atoms with Crippen molar-refractivity contribution < 1.29 is 4.79 Å². The van der Waals surface area contributed by atoms with E-state index < -0.39 is 11.2 Å². The molecule has 3 rings (SSSR count). The number of aromatic nitrogens is 5. The van der Waals surface area contributed by atoms with Crippen LogP contribution in [0.15, 0.2) is 46.2 Å². The number of aromatic amines is 1. The van der Waals surface area contributed by atoms with Gasteiger partial charge in [-0.15, -0.1) is 0 Å². The highest BCUT2D eigenvalue weighted by molar-refractivity contribution is 5.75. The molecule has 2 N–H and O–H groups in total. The van der Waals surface area contributed by atoms with E-state index in [-0.39, 0.29) is 18.9 Å². The van der Waals surface area contributed by atoms with Crippen molar-refractivity contribution in [2.24, 2.45) is 0 Å². The highest BCUT2D eigenvalue weighted by Crippen LogP contribution is 2.16. The Labute approximate surface area is 161 Å². The molecular formula is C19H22N6O3. The van der Waals surface area contributed by atoms with E-state index in [1.54, 1.807) is 10.9 Å². The van der Waals surface area contributed by atoms with Crippen molar-refractivity contribution in [3.05, 3.63) is 74.4 Å². The van der Waals surface area contributed by atoms with Gasteiger partial charge in [-0.25, -0.2) is 14.5 Å². The Morgan fingerprint density at radius 1 is 1.21 bits per heavy atom. The zero-order valence-electron chi connectivity index (χ0n) is 15.8. The third-order valence-electron chi connectivity index (χ3n) is 4.48. The summed E-state index contributed by atoms with van der Waals surface area (Å²) >= 11 is 0. The van der Waals surface area contributed by atoms with Gasteiger partial charge in [0, 0.05) is 43.7 Å². The van der Waals surface area contributed by atoms with Crippen molar-refractivity contribution in [2.75, 3.05) is 6.54 Å². The van der Waals surface area contributed by atoms with Crippen LogP contribution < -0.4 is 16.6 Å². The molecule has 9 heteroatoms. The number of amides is 1.